The predicted molar refractivity (Wildman–Crippen MR) is 77.8 cm³/mol. The van der Waals surface area contributed by atoms with Crippen molar-refractivity contribution in [1.82, 2.24) is 4.98 Å². The van der Waals surface area contributed by atoms with Crippen LogP contribution in [0.25, 0.3) is 0 Å². The van der Waals surface area contributed by atoms with E-state index in [0.29, 0.717) is 31.0 Å². The third-order valence-electron chi connectivity index (χ3n) is 3.46. The number of carbonyl (C=O) groups is 1. The highest BCUT2D eigenvalue weighted by Gasteiger charge is 2.28. The van der Waals surface area contributed by atoms with Crippen LogP contribution in [0.2, 0.25) is 0 Å². The van der Waals surface area contributed by atoms with Gasteiger partial charge in [0.25, 0.3) is 5.91 Å². The van der Waals surface area contributed by atoms with Gasteiger partial charge in [0.05, 0.1) is 17.8 Å². The van der Waals surface area contributed by atoms with E-state index in [2.05, 4.69) is 4.98 Å². The molecule has 2 rings (SSSR count). The summed E-state index contributed by atoms with van der Waals surface area (Å²) in [5, 5.41) is 0. The van der Waals surface area contributed by atoms with Gasteiger partial charge in [-0.15, -0.1) is 0 Å². The first-order valence-electron chi connectivity index (χ1n) is 6.81. The van der Waals surface area contributed by atoms with Crippen LogP contribution < -0.4 is 16.4 Å². The molecule has 0 saturated carbocycles. The molecule has 2 unspecified atom stereocenters. The number of anilines is 1. The minimum atomic E-state index is -0.451. The summed E-state index contributed by atoms with van der Waals surface area (Å²) in [6.45, 7) is 7.51. The van der Waals surface area contributed by atoms with E-state index in [9.17, 15) is 4.79 Å². The largest absolute Gasteiger partial charge is 0.370 e. The number of rotatable bonds is 3. The summed E-state index contributed by atoms with van der Waals surface area (Å²) in [7, 11) is 0. The van der Waals surface area contributed by atoms with E-state index >= 15 is 0 Å². The van der Waals surface area contributed by atoms with Crippen LogP contribution in [0.3, 0.4) is 0 Å². The quantitative estimate of drug-likeness (QED) is 0.832. The summed E-state index contributed by atoms with van der Waals surface area (Å²) in [5.74, 6) is 0.192. The summed E-state index contributed by atoms with van der Waals surface area (Å²) in [4.78, 5) is 18.3. The maximum Gasteiger partial charge on any atom is 0.252 e. The summed E-state index contributed by atoms with van der Waals surface area (Å²) in [5.41, 5.74) is 13.4. The van der Waals surface area contributed by atoms with Crippen molar-refractivity contribution in [3.05, 3.63) is 22.9 Å². The van der Waals surface area contributed by atoms with Crippen LogP contribution in [0.1, 0.15) is 28.5 Å². The van der Waals surface area contributed by atoms with E-state index in [-0.39, 0.29) is 12.2 Å². The molecule has 110 valence electrons. The predicted octanol–water partition coefficient (Wildman–Crippen LogP) is 0.350. The second kappa shape index (κ2) is 5.76. The third kappa shape index (κ3) is 2.91. The molecule has 4 N–H and O–H groups in total. The van der Waals surface area contributed by atoms with E-state index in [1.807, 2.05) is 31.7 Å². The van der Waals surface area contributed by atoms with Crippen LogP contribution in [-0.2, 0) is 4.74 Å². The number of hydrogen-bond donors (Lipinski definition) is 2. The van der Waals surface area contributed by atoms with Crippen LogP contribution in [0.5, 0.6) is 0 Å². The van der Waals surface area contributed by atoms with Gasteiger partial charge in [-0.05, 0) is 32.4 Å². The number of pyridine rings is 1. The van der Waals surface area contributed by atoms with E-state index in [1.165, 1.54) is 0 Å². The van der Waals surface area contributed by atoms with E-state index < -0.39 is 5.91 Å². The van der Waals surface area contributed by atoms with E-state index in [1.54, 1.807) is 0 Å². The van der Waals surface area contributed by atoms with Gasteiger partial charge >= 0.3 is 0 Å². The Morgan fingerprint density at radius 1 is 1.50 bits per heavy atom. The molecule has 0 bridgehead atoms. The number of morpholine rings is 1. The zero-order valence-corrected chi connectivity index (χ0v) is 12.2. The molecule has 0 spiro atoms. The van der Waals surface area contributed by atoms with Gasteiger partial charge in [0.15, 0.2) is 0 Å². The molecule has 1 aromatic rings. The second-order valence-corrected chi connectivity index (χ2v) is 5.35. The Bertz CT molecular complexity index is 518. The molecule has 1 saturated heterocycles. The Morgan fingerprint density at radius 2 is 2.20 bits per heavy atom. The molecular formula is C14H22N4O2. The summed E-state index contributed by atoms with van der Waals surface area (Å²) >= 11 is 0. The van der Waals surface area contributed by atoms with Crippen LogP contribution in [0.4, 0.5) is 5.82 Å². The lowest BCUT2D eigenvalue weighted by Gasteiger charge is -2.38. The van der Waals surface area contributed by atoms with E-state index in [0.717, 1.165) is 11.3 Å². The van der Waals surface area contributed by atoms with Crippen molar-refractivity contribution in [2.45, 2.75) is 33.0 Å². The number of amides is 1. The molecular weight excluding hydrogens is 256 g/mol. The highest BCUT2D eigenvalue weighted by Crippen LogP contribution is 2.25. The minimum Gasteiger partial charge on any atom is -0.370 e. The van der Waals surface area contributed by atoms with Crippen molar-refractivity contribution in [1.29, 1.82) is 0 Å². The van der Waals surface area contributed by atoms with Crippen molar-refractivity contribution < 1.29 is 9.53 Å². The first kappa shape index (κ1) is 14.7. The van der Waals surface area contributed by atoms with Gasteiger partial charge in [0, 0.05) is 25.3 Å². The zero-order chi connectivity index (χ0) is 14.9. The molecule has 1 aliphatic heterocycles. The van der Waals surface area contributed by atoms with Crippen LogP contribution in [0, 0.1) is 13.8 Å². The normalized spacial score (nSPS) is 22.9. The highest BCUT2D eigenvalue weighted by atomic mass is 16.5. The lowest BCUT2D eigenvalue weighted by Crippen LogP contribution is -2.50. The van der Waals surface area contributed by atoms with Crippen molar-refractivity contribution in [3.8, 4) is 0 Å². The van der Waals surface area contributed by atoms with Gasteiger partial charge in [-0.2, -0.15) is 0 Å². The third-order valence-corrected chi connectivity index (χ3v) is 3.46. The fraction of sp³-hybridized carbons (Fsp3) is 0.571. The Balaban J connectivity index is 2.43. The van der Waals surface area contributed by atoms with Gasteiger partial charge in [0.2, 0.25) is 0 Å². The van der Waals surface area contributed by atoms with Crippen molar-refractivity contribution in [3.63, 3.8) is 0 Å². The first-order valence-corrected chi connectivity index (χ1v) is 6.81. The number of primary amides is 1. The van der Waals surface area contributed by atoms with Gasteiger partial charge in [-0.1, -0.05) is 0 Å². The number of carbonyl (C=O) groups excluding carboxylic acids is 1. The van der Waals surface area contributed by atoms with Crippen LogP contribution in [-0.4, -0.2) is 42.7 Å². The average molecular weight is 278 g/mol. The molecule has 1 aliphatic rings. The van der Waals surface area contributed by atoms with Gasteiger partial charge in [0.1, 0.15) is 5.82 Å². The summed E-state index contributed by atoms with van der Waals surface area (Å²) < 4.78 is 5.74. The molecule has 0 aromatic carbocycles. The van der Waals surface area contributed by atoms with Crippen molar-refractivity contribution in [2.75, 3.05) is 24.5 Å². The Labute approximate surface area is 119 Å². The smallest absolute Gasteiger partial charge is 0.252 e. The molecule has 0 aliphatic carbocycles. The molecule has 6 heteroatoms. The van der Waals surface area contributed by atoms with Crippen molar-refractivity contribution in [2.24, 2.45) is 11.5 Å². The minimum absolute atomic E-state index is 0.0423. The number of aromatic nitrogens is 1. The number of nitrogens with two attached hydrogens (primary N) is 2. The molecule has 0 radical (unpaired) electrons. The maximum atomic E-state index is 11.7. The van der Waals surface area contributed by atoms with Crippen molar-refractivity contribution >= 4 is 11.7 Å². The fourth-order valence-corrected chi connectivity index (χ4v) is 2.70. The Kier molecular flexibility index (Phi) is 4.25. The topological polar surface area (TPSA) is 94.5 Å². The number of hydrogen-bond acceptors (Lipinski definition) is 5. The lowest BCUT2D eigenvalue weighted by atomic mass is 10.1. The van der Waals surface area contributed by atoms with E-state index in [4.69, 9.17) is 16.2 Å². The molecule has 2 heterocycles. The first-order chi connectivity index (χ1) is 9.42. The van der Waals surface area contributed by atoms with Gasteiger partial charge in [-0.25, -0.2) is 4.98 Å². The van der Waals surface area contributed by atoms with Gasteiger partial charge in [-0.3, -0.25) is 4.79 Å². The Hall–Kier alpha value is -1.66. The molecule has 1 aromatic heterocycles. The highest BCUT2D eigenvalue weighted by molar-refractivity contribution is 5.99. The summed E-state index contributed by atoms with van der Waals surface area (Å²) in [6.07, 6.45) is -0.0114. The maximum absolute atomic E-state index is 11.7. The second-order valence-electron chi connectivity index (χ2n) is 5.35. The molecule has 1 amide bonds. The molecule has 1 fully saturated rings. The number of ether oxygens (including phenoxy) is 1. The number of aryl methyl sites for hydroxylation is 2. The monoisotopic (exact) mass is 278 g/mol. The fourth-order valence-electron chi connectivity index (χ4n) is 2.70. The standard InChI is InChI=1S/C14H22N4O2/c1-8-4-9(2)17-14(12(8)13(16)19)18-6-10(3)20-11(5-15)7-18/h4,10-11H,5-7,15H2,1-3H3,(H2,16,19). The van der Waals surface area contributed by atoms with Crippen LogP contribution >= 0.6 is 0 Å². The van der Waals surface area contributed by atoms with Gasteiger partial charge < -0.3 is 21.1 Å². The number of nitrogens with zero attached hydrogens (tertiary/aromatic N) is 2. The zero-order valence-electron chi connectivity index (χ0n) is 12.2. The van der Waals surface area contributed by atoms with Crippen LogP contribution in [0.15, 0.2) is 6.07 Å². The SMILES string of the molecule is Cc1cc(C)c(C(N)=O)c(N2CC(C)OC(CN)C2)n1. The lowest BCUT2D eigenvalue weighted by molar-refractivity contribution is -0.0107. The summed E-state index contributed by atoms with van der Waals surface area (Å²) in [6, 6.07) is 1.87. The average Bonchev–Trinajstić information content (AvgIpc) is 2.36. The Morgan fingerprint density at radius 3 is 2.80 bits per heavy atom. The molecule has 2 atom stereocenters. The molecule has 6 nitrogen and oxygen atoms in total. The molecule has 20 heavy (non-hydrogen) atoms.